The Morgan fingerprint density at radius 3 is 2.60 bits per heavy atom. The number of benzene rings is 1. The number of rotatable bonds is 1. The molecule has 15 heavy (non-hydrogen) atoms. The van der Waals surface area contributed by atoms with Gasteiger partial charge in [-0.1, -0.05) is 23.7 Å². The maximum atomic E-state index is 6.06. The van der Waals surface area contributed by atoms with Gasteiger partial charge in [0, 0.05) is 16.8 Å². The van der Waals surface area contributed by atoms with Crippen LogP contribution in [0.2, 0.25) is 5.02 Å². The molecular weight excluding hydrogens is 208 g/mol. The molecule has 0 N–H and O–H groups in total. The summed E-state index contributed by atoms with van der Waals surface area (Å²) < 4.78 is 0. The number of halogens is 1. The van der Waals surface area contributed by atoms with Crippen molar-refractivity contribution in [3.63, 3.8) is 0 Å². The van der Waals surface area contributed by atoms with Crippen LogP contribution in [-0.2, 0) is 0 Å². The Morgan fingerprint density at radius 1 is 1.13 bits per heavy atom. The van der Waals surface area contributed by atoms with Gasteiger partial charge in [-0.25, -0.2) is 4.98 Å². The largest absolute Gasteiger partial charge is 0.261 e. The van der Waals surface area contributed by atoms with E-state index >= 15 is 0 Å². The average Bonchev–Trinajstić information content (AvgIpc) is 2.22. The lowest BCUT2D eigenvalue weighted by molar-refractivity contribution is 1.12. The van der Waals surface area contributed by atoms with Gasteiger partial charge < -0.3 is 0 Å². The Bertz CT molecular complexity index is 495. The van der Waals surface area contributed by atoms with Crippen molar-refractivity contribution in [2.75, 3.05) is 0 Å². The van der Waals surface area contributed by atoms with E-state index in [9.17, 15) is 0 Å². The first kappa shape index (κ1) is 10.1. The van der Waals surface area contributed by atoms with Crippen LogP contribution in [0.25, 0.3) is 11.3 Å². The van der Waals surface area contributed by atoms with Gasteiger partial charge in [-0.2, -0.15) is 0 Å². The van der Waals surface area contributed by atoms with E-state index in [1.165, 1.54) is 0 Å². The molecule has 0 unspecified atom stereocenters. The summed E-state index contributed by atoms with van der Waals surface area (Å²) in [5.74, 6) is 0. The van der Waals surface area contributed by atoms with Crippen molar-refractivity contribution in [1.29, 1.82) is 0 Å². The highest BCUT2D eigenvalue weighted by Gasteiger charge is 2.02. The van der Waals surface area contributed by atoms with Crippen LogP contribution in [0.5, 0.6) is 0 Å². The minimum Gasteiger partial charge on any atom is -0.261 e. The summed E-state index contributed by atoms with van der Waals surface area (Å²) in [5, 5.41) is 0.760. The Morgan fingerprint density at radius 2 is 1.93 bits per heavy atom. The second-order valence-corrected chi connectivity index (χ2v) is 3.92. The zero-order valence-corrected chi connectivity index (χ0v) is 9.42. The molecular formula is C12H11ClN2. The van der Waals surface area contributed by atoms with Crippen LogP contribution in [-0.4, -0.2) is 9.97 Å². The third-order valence-electron chi connectivity index (χ3n) is 2.22. The molecule has 0 amide bonds. The number of aryl methyl sites for hydroxylation is 2. The fourth-order valence-corrected chi connectivity index (χ4v) is 1.54. The number of nitrogens with zero attached hydrogens (tertiary/aromatic N) is 2. The van der Waals surface area contributed by atoms with Gasteiger partial charge in [-0.15, -0.1) is 0 Å². The minimum absolute atomic E-state index is 0.760. The molecule has 1 heterocycles. The fraction of sp³-hybridized carbons (Fsp3) is 0.167. The predicted molar refractivity (Wildman–Crippen MR) is 62.0 cm³/mol. The number of hydrogen-bond donors (Lipinski definition) is 0. The molecule has 1 aromatic heterocycles. The molecule has 76 valence electrons. The number of hydrogen-bond acceptors (Lipinski definition) is 2. The molecule has 0 fully saturated rings. The number of aromatic nitrogens is 2. The van der Waals surface area contributed by atoms with Crippen molar-refractivity contribution in [1.82, 2.24) is 9.97 Å². The van der Waals surface area contributed by atoms with Gasteiger partial charge in [0.2, 0.25) is 0 Å². The van der Waals surface area contributed by atoms with E-state index in [0.717, 1.165) is 27.5 Å². The van der Waals surface area contributed by atoms with E-state index in [0.29, 0.717) is 0 Å². The standard InChI is InChI=1S/C12H11ClN2/c1-8-3-4-10(5-11(8)13)12-7-14-6-9(2)15-12/h3-7H,1-2H3. The molecule has 2 aromatic rings. The monoisotopic (exact) mass is 218 g/mol. The van der Waals surface area contributed by atoms with Crippen LogP contribution in [0.15, 0.2) is 30.6 Å². The van der Waals surface area contributed by atoms with Crippen LogP contribution >= 0.6 is 11.6 Å². The van der Waals surface area contributed by atoms with E-state index < -0.39 is 0 Å². The first-order valence-corrected chi connectivity index (χ1v) is 5.10. The van der Waals surface area contributed by atoms with Crippen molar-refractivity contribution in [2.24, 2.45) is 0 Å². The molecule has 0 aliphatic carbocycles. The SMILES string of the molecule is Cc1cncc(-c2ccc(C)c(Cl)c2)n1. The Hall–Kier alpha value is -1.41. The molecule has 0 aliphatic rings. The normalized spacial score (nSPS) is 10.3. The van der Waals surface area contributed by atoms with Gasteiger partial charge in [0.25, 0.3) is 0 Å². The van der Waals surface area contributed by atoms with Gasteiger partial charge >= 0.3 is 0 Å². The summed E-state index contributed by atoms with van der Waals surface area (Å²) in [6.45, 7) is 3.90. The third kappa shape index (κ3) is 2.16. The zero-order valence-electron chi connectivity index (χ0n) is 8.66. The highest BCUT2D eigenvalue weighted by molar-refractivity contribution is 6.31. The van der Waals surface area contributed by atoms with Gasteiger partial charge in [-0.05, 0) is 25.5 Å². The topological polar surface area (TPSA) is 25.8 Å². The molecule has 0 aliphatic heterocycles. The maximum Gasteiger partial charge on any atom is 0.0888 e. The van der Waals surface area contributed by atoms with Gasteiger partial charge in [0.15, 0.2) is 0 Å². The fourth-order valence-electron chi connectivity index (χ4n) is 1.35. The molecule has 2 nitrogen and oxygen atoms in total. The second kappa shape index (κ2) is 3.99. The van der Waals surface area contributed by atoms with Gasteiger partial charge in [-0.3, -0.25) is 4.98 Å². The minimum atomic E-state index is 0.760. The lowest BCUT2D eigenvalue weighted by Gasteiger charge is -2.03. The van der Waals surface area contributed by atoms with Crippen molar-refractivity contribution in [3.05, 3.63) is 46.9 Å². The van der Waals surface area contributed by atoms with Crippen LogP contribution in [0.1, 0.15) is 11.3 Å². The summed E-state index contributed by atoms with van der Waals surface area (Å²) in [6.07, 6.45) is 3.48. The van der Waals surface area contributed by atoms with E-state index in [1.54, 1.807) is 12.4 Å². The highest BCUT2D eigenvalue weighted by Crippen LogP contribution is 2.23. The third-order valence-corrected chi connectivity index (χ3v) is 2.63. The molecule has 3 heteroatoms. The van der Waals surface area contributed by atoms with Crippen molar-refractivity contribution < 1.29 is 0 Å². The van der Waals surface area contributed by atoms with Crippen LogP contribution in [0.3, 0.4) is 0 Å². The lowest BCUT2D eigenvalue weighted by atomic mass is 10.1. The Balaban J connectivity index is 2.50. The molecule has 0 bridgehead atoms. The van der Waals surface area contributed by atoms with Gasteiger partial charge in [0.05, 0.1) is 17.6 Å². The molecule has 1 aromatic carbocycles. The van der Waals surface area contributed by atoms with E-state index in [1.807, 2.05) is 32.0 Å². The summed E-state index contributed by atoms with van der Waals surface area (Å²) in [5.41, 5.74) is 3.84. The predicted octanol–water partition coefficient (Wildman–Crippen LogP) is 3.41. The first-order chi connectivity index (χ1) is 7.16. The van der Waals surface area contributed by atoms with Crippen molar-refractivity contribution >= 4 is 11.6 Å². The molecule has 0 saturated carbocycles. The van der Waals surface area contributed by atoms with Crippen LogP contribution in [0.4, 0.5) is 0 Å². The Labute approximate surface area is 94.0 Å². The first-order valence-electron chi connectivity index (χ1n) is 4.72. The van der Waals surface area contributed by atoms with Crippen LogP contribution in [0, 0.1) is 13.8 Å². The average molecular weight is 219 g/mol. The molecule has 0 radical (unpaired) electrons. The molecule has 0 spiro atoms. The molecule has 0 atom stereocenters. The Kier molecular flexibility index (Phi) is 2.69. The lowest BCUT2D eigenvalue weighted by Crippen LogP contribution is -1.89. The van der Waals surface area contributed by atoms with E-state index in [4.69, 9.17) is 11.6 Å². The maximum absolute atomic E-state index is 6.06. The molecule has 2 rings (SSSR count). The van der Waals surface area contributed by atoms with Crippen LogP contribution < -0.4 is 0 Å². The highest BCUT2D eigenvalue weighted by atomic mass is 35.5. The summed E-state index contributed by atoms with van der Waals surface area (Å²) in [7, 11) is 0. The van der Waals surface area contributed by atoms with E-state index in [2.05, 4.69) is 9.97 Å². The summed E-state index contributed by atoms with van der Waals surface area (Å²) in [6, 6.07) is 5.91. The molecule has 0 saturated heterocycles. The summed E-state index contributed by atoms with van der Waals surface area (Å²) in [4.78, 5) is 8.50. The quantitative estimate of drug-likeness (QED) is 0.733. The van der Waals surface area contributed by atoms with Gasteiger partial charge in [0.1, 0.15) is 0 Å². The smallest absolute Gasteiger partial charge is 0.0888 e. The van der Waals surface area contributed by atoms with Crippen molar-refractivity contribution in [3.8, 4) is 11.3 Å². The summed E-state index contributed by atoms with van der Waals surface area (Å²) >= 11 is 6.06. The van der Waals surface area contributed by atoms with Crippen molar-refractivity contribution in [2.45, 2.75) is 13.8 Å². The zero-order chi connectivity index (χ0) is 10.8. The second-order valence-electron chi connectivity index (χ2n) is 3.51. The van der Waals surface area contributed by atoms with E-state index in [-0.39, 0.29) is 0 Å².